The van der Waals surface area contributed by atoms with E-state index in [1.807, 2.05) is 0 Å². The van der Waals surface area contributed by atoms with Crippen LogP contribution in [0.1, 0.15) is 265 Å². The van der Waals surface area contributed by atoms with E-state index in [1.54, 1.807) is 0 Å². The van der Waals surface area contributed by atoms with Crippen LogP contribution in [-0.2, 0) is 23.8 Å². The molecular formula is C57H102O5. The predicted molar refractivity (Wildman–Crippen MR) is 270 cm³/mol. The van der Waals surface area contributed by atoms with Crippen molar-refractivity contribution in [1.29, 1.82) is 0 Å². The van der Waals surface area contributed by atoms with Crippen molar-refractivity contribution in [2.45, 2.75) is 271 Å². The SMILES string of the molecule is CC/C=C\C/C=C\C/C=C\CCCCCCCCCCOCC(COC(=O)CCCCCCC/C=C\CCCCCCCC)OC(=O)CCCCCCC/C=C\CCCCCC. The van der Waals surface area contributed by atoms with E-state index in [1.165, 1.54) is 148 Å². The van der Waals surface area contributed by atoms with Crippen LogP contribution in [-0.4, -0.2) is 37.9 Å². The Labute approximate surface area is 385 Å². The van der Waals surface area contributed by atoms with E-state index in [2.05, 4.69) is 81.5 Å². The molecule has 0 spiro atoms. The van der Waals surface area contributed by atoms with Gasteiger partial charge >= 0.3 is 11.9 Å². The van der Waals surface area contributed by atoms with Crippen molar-refractivity contribution in [1.82, 2.24) is 0 Å². The lowest BCUT2D eigenvalue weighted by molar-refractivity contribution is -0.163. The van der Waals surface area contributed by atoms with Crippen molar-refractivity contribution in [3.8, 4) is 0 Å². The third-order valence-corrected chi connectivity index (χ3v) is 11.5. The van der Waals surface area contributed by atoms with Crippen molar-refractivity contribution in [2.24, 2.45) is 0 Å². The second kappa shape index (κ2) is 52.9. The zero-order chi connectivity index (χ0) is 44.9. The average molecular weight is 867 g/mol. The molecule has 0 radical (unpaired) electrons. The van der Waals surface area contributed by atoms with Crippen LogP contribution in [0.5, 0.6) is 0 Å². The van der Waals surface area contributed by atoms with E-state index in [9.17, 15) is 9.59 Å². The van der Waals surface area contributed by atoms with Gasteiger partial charge in [-0.1, -0.05) is 210 Å². The number of ether oxygens (including phenoxy) is 3. The van der Waals surface area contributed by atoms with Crippen molar-refractivity contribution in [2.75, 3.05) is 19.8 Å². The fraction of sp³-hybridized carbons (Fsp3) is 0.789. The third-order valence-electron chi connectivity index (χ3n) is 11.5. The van der Waals surface area contributed by atoms with Crippen LogP contribution in [0.2, 0.25) is 0 Å². The summed E-state index contributed by atoms with van der Waals surface area (Å²) in [6.07, 6.45) is 66.6. The van der Waals surface area contributed by atoms with Crippen LogP contribution in [0, 0.1) is 0 Å². The van der Waals surface area contributed by atoms with E-state index >= 15 is 0 Å². The van der Waals surface area contributed by atoms with Crippen molar-refractivity contribution < 1.29 is 23.8 Å². The van der Waals surface area contributed by atoms with Gasteiger partial charge in [-0.2, -0.15) is 0 Å². The van der Waals surface area contributed by atoms with Gasteiger partial charge in [-0.15, -0.1) is 0 Å². The Morgan fingerprint density at radius 1 is 0.371 bits per heavy atom. The minimum absolute atomic E-state index is 0.0750. The Bertz CT molecular complexity index is 1070. The first-order valence-corrected chi connectivity index (χ1v) is 26.8. The Morgan fingerprint density at radius 2 is 0.726 bits per heavy atom. The summed E-state index contributed by atoms with van der Waals surface area (Å²) in [7, 11) is 0. The topological polar surface area (TPSA) is 61.8 Å². The number of allylic oxidation sites excluding steroid dienone is 10. The molecule has 0 aliphatic rings. The number of rotatable bonds is 49. The summed E-state index contributed by atoms with van der Waals surface area (Å²) >= 11 is 0. The zero-order valence-corrected chi connectivity index (χ0v) is 41.4. The number of carbonyl (C=O) groups is 2. The lowest BCUT2D eigenvalue weighted by Crippen LogP contribution is -2.30. The van der Waals surface area contributed by atoms with Gasteiger partial charge in [0.2, 0.25) is 0 Å². The monoisotopic (exact) mass is 867 g/mol. The highest BCUT2D eigenvalue weighted by Gasteiger charge is 2.17. The molecule has 0 fully saturated rings. The van der Waals surface area contributed by atoms with Gasteiger partial charge in [-0.05, 0) is 103 Å². The Hall–Kier alpha value is -2.40. The van der Waals surface area contributed by atoms with Crippen molar-refractivity contribution in [3.63, 3.8) is 0 Å². The quantitative estimate of drug-likeness (QED) is 0.0346. The summed E-state index contributed by atoms with van der Waals surface area (Å²) in [5, 5.41) is 0. The standard InChI is InChI=1S/C57H102O5/c1-4-7-10-13-16-19-22-25-27-28-29-31-34-37-40-43-46-49-52-60-53-55(62-57(59)51-48-45-42-39-36-32-24-21-18-15-12-9-6-3)54-61-56(58)50-47-44-41-38-35-33-30-26-23-20-17-14-11-8-5-2/h7,10,16,19,21,24-27,30,55H,4-6,8-9,11-15,17-18,20,22-23,28-29,31-54H2,1-3H3/b10-7-,19-16-,24-21-,27-25-,30-26-. The lowest BCUT2D eigenvalue weighted by Gasteiger charge is -2.18. The van der Waals surface area contributed by atoms with E-state index in [0.29, 0.717) is 19.4 Å². The molecule has 0 rings (SSSR count). The molecule has 0 aromatic heterocycles. The molecule has 0 aliphatic carbocycles. The van der Waals surface area contributed by atoms with Gasteiger partial charge in [0.25, 0.3) is 0 Å². The molecule has 0 N–H and O–H groups in total. The first-order chi connectivity index (χ1) is 30.6. The largest absolute Gasteiger partial charge is 0.462 e. The molecule has 62 heavy (non-hydrogen) atoms. The van der Waals surface area contributed by atoms with Gasteiger partial charge in [0.05, 0.1) is 6.61 Å². The van der Waals surface area contributed by atoms with Gasteiger partial charge in [0, 0.05) is 19.4 Å². The van der Waals surface area contributed by atoms with E-state index in [4.69, 9.17) is 14.2 Å². The third kappa shape index (κ3) is 50.2. The van der Waals surface area contributed by atoms with Gasteiger partial charge in [-0.25, -0.2) is 0 Å². The molecule has 1 atom stereocenters. The zero-order valence-electron chi connectivity index (χ0n) is 41.4. The molecule has 0 saturated carbocycles. The summed E-state index contributed by atoms with van der Waals surface area (Å²) in [4.78, 5) is 25.4. The second-order valence-electron chi connectivity index (χ2n) is 17.7. The summed E-state index contributed by atoms with van der Waals surface area (Å²) in [5.41, 5.74) is 0. The smallest absolute Gasteiger partial charge is 0.306 e. The molecule has 0 saturated heterocycles. The van der Waals surface area contributed by atoms with Crippen LogP contribution in [0.4, 0.5) is 0 Å². The molecule has 360 valence electrons. The lowest BCUT2D eigenvalue weighted by atomic mass is 10.1. The fourth-order valence-corrected chi connectivity index (χ4v) is 7.51. The molecule has 5 nitrogen and oxygen atoms in total. The summed E-state index contributed by atoms with van der Waals surface area (Å²) < 4.78 is 17.4. The first-order valence-electron chi connectivity index (χ1n) is 26.8. The van der Waals surface area contributed by atoms with Gasteiger partial charge in [0.15, 0.2) is 6.10 Å². The maximum atomic E-state index is 12.8. The number of unbranched alkanes of at least 4 members (excludes halogenated alkanes) is 28. The molecule has 0 bridgehead atoms. The Kier molecular flexibility index (Phi) is 50.9. The summed E-state index contributed by atoms with van der Waals surface area (Å²) in [6.45, 7) is 7.69. The van der Waals surface area contributed by atoms with Crippen LogP contribution in [0.25, 0.3) is 0 Å². The maximum absolute atomic E-state index is 12.8. The van der Waals surface area contributed by atoms with E-state index < -0.39 is 6.10 Å². The molecule has 0 amide bonds. The second-order valence-corrected chi connectivity index (χ2v) is 17.7. The Morgan fingerprint density at radius 3 is 1.19 bits per heavy atom. The normalized spacial score (nSPS) is 12.6. The Balaban J connectivity index is 4.28. The maximum Gasteiger partial charge on any atom is 0.306 e. The highest BCUT2D eigenvalue weighted by atomic mass is 16.6. The summed E-state index contributed by atoms with van der Waals surface area (Å²) in [5.74, 6) is -0.414. The number of hydrogen-bond donors (Lipinski definition) is 0. The number of carbonyl (C=O) groups excluding carboxylic acids is 2. The first kappa shape index (κ1) is 59.6. The average Bonchev–Trinajstić information content (AvgIpc) is 3.27. The van der Waals surface area contributed by atoms with Crippen LogP contribution in [0.3, 0.4) is 0 Å². The highest BCUT2D eigenvalue weighted by Crippen LogP contribution is 2.14. The number of esters is 2. The van der Waals surface area contributed by atoms with Crippen molar-refractivity contribution in [3.05, 3.63) is 60.8 Å². The molecule has 0 aromatic carbocycles. The minimum atomic E-state index is -0.548. The highest BCUT2D eigenvalue weighted by molar-refractivity contribution is 5.70. The molecule has 0 heterocycles. The molecule has 5 heteroatoms. The number of hydrogen-bond acceptors (Lipinski definition) is 5. The fourth-order valence-electron chi connectivity index (χ4n) is 7.51. The van der Waals surface area contributed by atoms with Crippen LogP contribution in [0.15, 0.2) is 60.8 Å². The van der Waals surface area contributed by atoms with Gasteiger partial charge in [-0.3, -0.25) is 9.59 Å². The van der Waals surface area contributed by atoms with Gasteiger partial charge < -0.3 is 14.2 Å². The summed E-state index contributed by atoms with van der Waals surface area (Å²) in [6, 6.07) is 0. The minimum Gasteiger partial charge on any atom is -0.462 e. The van der Waals surface area contributed by atoms with E-state index in [-0.39, 0.29) is 25.2 Å². The van der Waals surface area contributed by atoms with Crippen LogP contribution < -0.4 is 0 Å². The molecule has 1 unspecified atom stereocenters. The van der Waals surface area contributed by atoms with Crippen molar-refractivity contribution >= 4 is 11.9 Å². The van der Waals surface area contributed by atoms with E-state index in [0.717, 1.165) is 83.5 Å². The molecule has 0 aliphatic heterocycles. The van der Waals surface area contributed by atoms with Gasteiger partial charge in [0.1, 0.15) is 6.61 Å². The van der Waals surface area contributed by atoms with Crippen LogP contribution >= 0.6 is 0 Å². The molecule has 0 aromatic rings. The predicted octanol–water partition coefficient (Wildman–Crippen LogP) is 18.1. The molecular weight excluding hydrogens is 765 g/mol.